The van der Waals surface area contributed by atoms with Crippen LogP contribution >= 0.6 is 0 Å². The molecule has 2 aromatic carbocycles. The second-order valence-corrected chi connectivity index (χ2v) is 6.85. The number of nitrogens with zero attached hydrogens (tertiary/aromatic N) is 3. The van der Waals surface area contributed by atoms with Crippen molar-refractivity contribution in [2.45, 2.75) is 12.8 Å². The van der Waals surface area contributed by atoms with Crippen molar-refractivity contribution in [2.24, 2.45) is 5.92 Å². The van der Waals surface area contributed by atoms with Crippen molar-refractivity contribution < 1.29 is 14.7 Å². The summed E-state index contributed by atoms with van der Waals surface area (Å²) >= 11 is 0. The van der Waals surface area contributed by atoms with Crippen LogP contribution in [-0.2, 0) is 6.42 Å². The number of amides is 1. The standard InChI is InChI=1S/C21H19N3O3/c25-20(17-5-2-6-18-19(17)23-9-8-22-18)24-10-7-15(13-24)11-14-3-1-4-16(12-14)21(26)27/h1-6,8-9,12,15H,7,10-11,13H2,(H,26,27). The fraction of sp³-hybridized carbons (Fsp3) is 0.238. The van der Waals surface area contributed by atoms with Crippen LogP contribution in [0.5, 0.6) is 0 Å². The van der Waals surface area contributed by atoms with Gasteiger partial charge in [-0.1, -0.05) is 18.2 Å². The van der Waals surface area contributed by atoms with E-state index in [1.54, 1.807) is 36.7 Å². The molecule has 136 valence electrons. The van der Waals surface area contributed by atoms with Gasteiger partial charge in [0.2, 0.25) is 0 Å². The van der Waals surface area contributed by atoms with E-state index in [4.69, 9.17) is 5.11 Å². The van der Waals surface area contributed by atoms with E-state index < -0.39 is 5.97 Å². The topological polar surface area (TPSA) is 83.4 Å². The van der Waals surface area contributed by atoms with Gasteiger partial charge in [-0.25, -0.2) is 4.79 Å². The van der Waals surface area contributed by atoms with Crippen LogP contribution in [0.4, 0.5) is 0 Å². The molecular weight excluding hydrogens is 342 g/mol. The lowest BCUT2D eigenvalue weighted by Gasteiger charge is -2.17. The number of carbonyl (C=O) groups is 2. The predicted molar refractivity (Wildman–Crippen MR) is 101 cm³/mol. The molecule has 0 radical (unpaired) electrons. The minimum Gasteiger partial charge on any atom is -0.478 e. The zero-order valence-electron chi connectivity index (χ0n) is 14.7. The van der Waals surface area contributed by atoms with Crippen molar-refractivity contribution in [2.75, 3.05) is 13.1 Å². The SMILES string of the molecule is O=C(O)c1cccc(CC2CCN(C(=O)c3cccc4nccnc34)C2)c1. The highest BCUT2D eigenvalue weighted by Gasteiger charge is 2.28. The molecule has 0 saturated carbocycles. The van der Waals surface area contributed by atoms with Crippen molar-refractivity contribution in [3.63, 3.8) is 0 Å². The number of benzene rings is 2. The summed E-state index contributed by atoms with van der Waals surface area (Å²) in [4.78, 5) is 34.6. The maximum Gasteiger partial charge on any atom is 0.335 e. The Bertz CT molecular complexity index is 1010. The lowest BCUT2D eigenvalue weighted by Crippen LogP contribution is -2.29. The number of para-hydroxylation sites is 1. The van der Waals surface area contributed by atoms with Gasteiger partial charge in [0.15, 0.2) is 0 Å². The third-order valence-corrected chi connectivity index (χ3v) is 5.00. The fourth-order valence-corrected chi connectivity index (χ4v) is 3.68. The Morgan fingerprint density at radius 1 is 1.11 bits per heavy atom. The molecule has 4 rings (SSSR count). The summed E-state index contributed by atoms with van der Waals surface area (Å²) in [5.41, 5.74) is 3.21. The summed E-state index contributed by atoms with van der Waals surface area (Å²) < 4.78 is 0. The molecule has 1 aromatic heterocycles. The monoisotopic (exact) mass is 361 g/mol. The number of carboxylic acids is 1. The minimum atomic E-state index is -0.919. The largest absolute Gasteiger partial charge is 0.478 e. The smallest absolute Gasteiger partial charge is 0.335 e. The molecule has 1 amide bonds. The number of fused-ring (bicyclic) bond motifs is 1. The molecule has 1 fully saturated rings. The van der Waals surface area contributed by atoms with E-state index >= 15 is 0 Å². The molecule has 6 nitrogen and oxygen atoms in total. The number of carboxylic acid groups (broad SMARTS) is 1. The zero-order chi connectivity index (χ0) is 18.8. The van der Waals surface area contributed by atoms with E-state index in [2.05, 4.69) is 9.97 Å². The lowest BCUT2D eigenvalue weighted by molar-refractivity contribution is 0.0696. The third-order valence-electron chi connectivity index (χ3n) is 5.00. The molecule has 0 spiro atoms. The molecule has 27 heavy (non-hydrogen) atoms. The molecule has 2 heterocycles. The van der Waals surface area contributed by atoms with Gasteiger partial charge in [0, 0.05) is 25.5 Å². The van der Waals surface area contributed by atoms with Crippen molar-refractivity contribution in [3.8, 4) is 0 Å². The van der Waals surface area contributed by atoms with Crippen LogP contribution in [0.2, 0.25) is 0 Å². The predicted octanol–water partition coefficient (Wildman–Crippen LogP) is 3.03. The third kappa shape index (κ3) is 3.51. The average molecular weight is 361 g/mol. The number of hydrogen-bond acceptors (Lipinski definition) is 4. The molecule has 3 aromatic rings. The second-order valence-electron chi connectivity index (χ2n) is 6.85. The van der Waals surface area contributed by atoms with Gasteiger partial charge in [-0.15, -0.1) is 0 Å². The molecule has 1 N–H and O–H groups in total. The second kappa shape index (κ2) is 7.15. The minimum absolute atomic E-state index is 0.0251. The van der Waals surface area contributed by atoms with Gasteiger partial charge < -0.3 is 10.0 Å². The molecule has 1 saturated heterocycles. The highest BCUT2D eigenvalue weighted by atomic mass is 16.4. The van der Waals surface area contributed by atoms with Crippen molar-refractivity contribution in [3.05, 3.63) is 71.5 Å². The van der Waals surface area contributed by atoms with E-state index in [-0.39, 0.29) is 5.91 Å². The molecule has 1 aliphatic heterocycles. The van der Waals surface area contributed by atoms with E-state index in [9.17, 15) is 9.59 Å². The maximum absolute atomic E-state index is 13.0. The molecule has 1 atom stereocenters. The van der Waals surface area contributed by atoms with Crippen LogP contribution in [0.25, 0.3) is 11.0 Å². The first-order chi connectivity index (χ1) is 13.1. The average Bonchev–Trinajstić information content (AvgIpc) is 3.15. The van der Waals surface area contributed by atoms with E-state index in [1.165, 1.54) is 0 Å². The van der Waals surface area contributed by atoms with Crippen LogP contribution in [-0.4, -0.2) is 44.9 Å². The molecule has 6 heteroatoms. The first-order valence-electron chi connectivity index (χ1n) is 8.93. The maximum atomic E-state index is 13.0. The van der Waals surface area contributed by atoms with Crippen LogP contribution in [0.1, 0.15) is 32.7 Å². The van der Waals surface area contributed by atoms with E-state index in [1.807, 2.05) is 23.1 Å². The van der Waals surface area contributed by atoms with Gasteiger partial charge in [-0.3, -0.25) is 14.8 Å². The Morgan fingerprint density at radius 3 is 2.78 bits per heavy atom. The number of hydrogen-bond donors (Lipinski definition) is 1. The summed E-state index contributed by atoms with van der Waals surface area (Å²) in [5.74, 6) is -0.626. The van der Waals surface area contributed by atoms with Crippen molar-refractivity contribution in [1.29, 1.82) is 0 Å². The Hall–Kier alpha value is -3.28. The van der Waals surface area contributed by atoms with Crippen molar-refractivity contribution in [1.82, 2.24) is 14.9 Å². The summed E-state index contributed by atoms with van der Waals surface area (Å²) in [6.07, 6.45) is 4.88. The highest BCUT2D eigenvalue weighted by Crippen LogP contribution is 2.24. The normalized spacial score (nSPS) is 16.6. The number of rotatable bonds is 4. The Morgan fingerprint density at radius 2 is 1.93 bits per heavy atom. The number of carbonyl (C=O) groups excluding carboxylic acids is 1. The highest BCUT2D eigenvalue weighted by molar-refractivity contribution is 6.04. The van der Waals surface area contributed by atoms with Gasteiger partial charge in [0.05, 0.1) is 16.6 Å². The first kappa shape index (κ1) is 17.1. The summed E-state index contributed by atoms with van der Waals surface area (Å²) in [5, 5.41) is 9.13. The van der Waals surface area contributed by atoms with Crippen LogP contribution in [0.3, 0.4) is 0 Å². The molecular formula is C21H19N3O3. The number of aromatic carboxylic acids is 1. The Labute approximate surface area is 156 Å². The lowest BCUT2D eigenvalue weighted by atomic mass is 9.97. The Balaban J connectivity index is 1.48. The zero-order valence-corrected chi connectivity index (χ0v) is 14.7. The quantitative estimate of drug-likeness (QED) is 0.772. The van der Waals surface area contributed by atoms with Gasteiger partial charge >= 0.3 is 5.97 Å². The van der Waals surface area contributed by atoms with Crippen LogP contribution in [0.15, 0.2) is 54.9 Å². The summed E-state index contributed by atoms with van der Waals surface area (Å²) in [6.45, 7) is 1.35. The summed E-state index contributed by atoms with van der Waals surface area (Å²) in [6, 6.07) is 12.5. The number of likely N-dealkylation sites (tertiary alicyclic amines) is 1. The van der Waals surface area contributed by atoms with Crippen LogP contribution in [0, 0.1) is 5.92 Å². The van der Waals surface area contributed by atoms with Gasteiger partial charge in [0.25, 0.3) is 5.91 Å². The molecule has 0 bridgehead atoms. The Kier molecular flexibility index (Phi) is 4.54. The van der Waals surface area contributed by atoms with E-state index in [0.717, 1.165) is 18.4 Å². The molecule has 1 aliphatic rings. The van der Waals surface area contributed by atoms with Crippen molar-refractivity contribution >= 4 is 22.9 Å². The van der Waals surface area contributed by atoms with Gasteiger partial charge in [-0.05, 0) is 48.6 Å². The number of aromatic nitrogens is 2. The van der Waals surface area contributed by atoms with Gasteiger partial charge in [-0.2, -0.15) is 0 Å². The first-order valence-corrected chi connectivity index (χ1v) is 8.93. The molecule has 1 unspecified atom stereocenters. The summed E-state index contributed by atoms with van der Waals surface area (Å²) in [7, 11) is 0. The molecule has 0 aliphatic carbocycles. The fourth-order valence-electron chi connectivity index (χ4n) is 3.68. The van der Waals surface area contributed by atoms with Crippen LogP contribution < -0.4 is 0 Å². The van der Waals surface area contributed by atoms with Gasteiger partial charge in [0.1, 0.15) is 5.52 Å². The van der Waals surface area contributed by atoms with E-state index in [0.29, 0.717) is 41.2 Å².